The molecule has 0 aromatic rings. The van der Waals surface area contributed by atoms with Crippen LogP contribution in [0.25, 0.3) is 0 Å². The van der Waals surface area contributed by atoms with Gasteiger partial charge in [0, 0.05) is 12.6 Å². The van der Waals surface area contributed by atoms with E-state index in [1.165, 1.54) is 4.31 Å². The number of sulfonamides is 1. The number of aliphatic hydroxyl groups excluding tert-OH is 1. The maximum atomic E-state index is 11.7. The van der Waals surface area contributed by atoms with Crippen LogP contribution in [0, 0.1) is 0 Å². The van der Waals surface area contributed by atoms with Gasteiger partial charge in [-0.3, -0.25) is 0 Å². The van der Waals surface area contributed by atoms with Gasteiger partial charge in [0.15, 0.2) is 0 Å². The Morgan fingerprint density at radius 2 is 2.29 bits per heavy atom. The van der Waals surface area contributed by atoms with Crippen molar-refractivity contribution in [3.05, 3.63) is 12.7 Å². The topological polar surface area (TPSA) is 57.6 Å². The number of nitrogens with zero attached hydrogens (tertiary/aromatic N) is 1. The van der Waals surface area contributed by atoms with Crippen LogP contribution in [0.2, 0.25) is 0 Å². The molecular formula is C9H17NO3S. The fraction of sp³-hybridized carbons (Fsp3) is 0.778. The van der Waals surface area contributed by atoms with Crippen LogP contribution >= 0.6 is 0 Å². The summed E-state index contributed by atoms with van der Waals surface area (Å²) in [5, 5.41) is 9.00. The van der Waals surface area contributed by atoms with E-state index in [9.17, 15) is 8.42 Å². The first-order valence-corrected chi connectivity index (χ1v) is 6.44. The van der Waals surface area contributed by atoms with E-state index in [0.717, 1.165) is 12.8 Å². The lowest BCUT2D eigenvalue weighted by Gasteiger charge is -2.21. The molecule has 0 radical (unpaired) electrons. The van der Waals surface area contributed by atoms with E-state index in [1.807, 2.05) is 0 Å². The molecule has 82 valence electrons. The predicted octanol–water partition coefficient (Wildman–Crippen LogP) is 0.349. The van der Waals surface area contributed by atoms with Gasteiger partial charge in [-0.1, -0.05) is 6.08 Å². The summed E-state index contributed by atoms with van der Waals surface area (Å²) in [5.41, 5.74) is 0. The molecule has 1 heterocycles. The third kappa shape index (κ3) is 2.56. The zero-order valence-electron chi connectivity index (χ0n) is 8.22. The van der Waals surface area contributed by atoms with Crippen LogP contribution in [-0.2, 0) is 10.0 Å². The highest BCUT2D eigenvalue weighted by Crippen LogP contribution is 2.21. The summed E-state index contributed by atoms with van der Waals surface area (Å²) >= 11 is 0. The van der Waals surface area contributed by atoms with Gasteiger partial charge in [0.2, 0.25) is 10.0 Å². The van der Waals surface area contributed by atoms with E-state index in [0.29, 0.717) is 13.0 Å². The van der Waals surface area contributed by atoms with Crippen LogP contribution in [0.15, 0.2) is 12.7 Å². The van der Waals surface area contributed by atoms with Crippen LogP contribution in [0.4, 0.5) is 0 Å². The lowest BCUT2D eigenvalue weighted by Crippen LogP contribution is -2.38. The van der Waals surface area contributed by atoms with E-state index >= 15 is 0 Å². The van der Waals surface area contributed by atoms with Crippen molar-refractivity contribution in [1.82, 2.24) is 4.31 Å². The third-order valence-electron chi connectivity index (χ3n) is 2.47. The Balaban J connectivity index is 2.66. The van der Waals surface area contributed by atoms with E-state index in [-0.39, 0.29) is 18.4 Å². The summed E-state index contributed by atoms with van der Waals surface area (Å²) in [6.45, 7) is 3.97. The first-order chi connectivity index (χ1) is 6.61. The van der Waals surface area contributed by atoms with Gasteiger partial charge in [-0.2, -0.15) is 4.31 Å². The summed E-state index contributed by atoms with van der Waals surface area (Å²) in [6.07, 6.45) is 3.68. The van der Waals surface area contributed by atoms with Crippen molar-refractivity contribution in [2.75, 3.05) is 18.9 Å². The van der Waals surface area contributed by atoms with Gasteiger partial charge in [0.1, 0.15) is 0 Å². The Kier molecular flexibility index (Phi) is 4.10. The van der Waals surface area contributed by atoms with Crippen LogP contribution in [0.5, 0.6) is 0 Å². The Morgan fingerprint density at radius 3 is 2.86 bits per heavy atom. The molecule has 0 aromatic heterocycles. The maximum absolute atomic E-state index is 11.7. The predicted molar refractivity (Wildman–Crippen MR) is 55.4 cm³/mol. The first kappa shape index (κ1) is 11.7. The minimum atomic E-state index is -3.18. The van der Waals surface area contributed by atoms with Gasteiger partial charge in [0.05, 0.1) is 12.4 Å². The fourth-order valence-corrected chi connectivity index (χ4v) is 3.44. The van der Waals surface area contributed by atoms with E-state index in [1.54, 1.807) is 6.08 Å². The SMILES string of the molecule is C=CCCS(=O)(=O)N1CCCC1CO. The quantitative estimate of drug-likeness (QED) is 0.679. The fourth-order valence-electron chi connectivity index (χ4n) is 1.71. The zero-order valence-corrected chi connectivity index (χ0v) is 9.04. The van der Waals surface area contributed by atoms with Crippen molar-refractivity contribution >= 4 is 10.0 Å². The number of rotatable bonds is 5. The van der Waals surface area contributed by atoms with Gasteiger partial charge in [-0.15, -0.1) is 6.58 Å². The van der Waals surface area contributed by atoms with Gasteiger partial charge >= 0.3 is 0 Å². The maximum Gasteiger partial charge on any atom is 0.214 e. The highest BCUT2D eigenvalue weighted by Gasteiger charge is 2.32. The Bertz CT molecular complexity index is 286. The molecule has 4 nitrogen and oxygen atoms in total. The third-order valence-corrected chi connectivity index (χ3v) is 4.42. The summed E-state index contributed by atoms with van der Waals surface area (Å²) in [6, 6.07) is -0.204. The molecule has 1 aliphatic heterocycles. The molecule has 0 amide bonds. The van der Waals surface area contributed by atoms with Crippen molar-refractivity contribution in [3.8, 4) is 0 Å². The van der Waals surface area contributed by atoms with E-state index in [4.69, 9.17) is 5.11 Å². The smallest absolute Gasteiger partial charge is 0.214 e. The van der Waals surface area contributed by atoms with E-state index < -0.39 is 10.0 Å². The molecule has 0 aromatic carbocycles. The summed E-state index contributed by atoms with van der Waals surface area (Å²) in [4.78, 5) is 0. The van der Waals surface area contributed by atoms with Crippen LogP contribution in [0.1, 0.15) is 19.3 Å². The minimum absolute atomic E-state index is 0.0761. The molecule has 1 rings (SSSR count). The molecule has 1 aliphatic rings. The van der Waals surface area contributed by atoms with Gasteiger partial charge in [-0.05, 0) is 19.3 Å². The standard InChI is InChI=1S/C9H17NO3S/c1-2-3-7-14(12,13)10-6-4-5-9(10)8-11/h2,9,11H,1,3-8H2. The van der Waals surface area contributed by atoms with Crippen LogP contribution in [-0.4, -0.2) is 42.8 Å². The second-order valence-corrected chi connectivity index (χ2v) is 5.52. The Labute approximate surface area is 85.3 Å². The zero-order chi connectivity index (χ0) is 10.6. The molecule has 1 fully saturated rings. The molecule has 1 atom stereocenters. The number of hydrogen-bond donors (Lipinski definition) is 1. The number of allylic oxidation sites excluding steroid dienone is 1. The molecule has 0 aliphatic carbocycles. The van der Waals surface area contributed by atoms with Crippen molar-refractivity contribution in [3.63, 3.8) is 0 Å². The lowest BCUT2D eigenvalue weighted by atomic mass is 10.2. The molecule has 0 bridgehead atoms. The molecule has 5 heteroatoms. The highest BCUT2D eigenvalue weighted by atomic mass is 32.2. The molecule has 14 heavy (non-hydrogen) atoms. The largest absolute Gasteiger partial charge is 0.395 e. The summed E-state index contributed by atoms with van der Waals surface area (Å²) < 4.78 is 24.9. The number of hydrogen-bond acceptors (Lipinski definition) is 3. The summed E-state index contributed by atoms with van der Waals surface area (Å²) in [5.74, 6) is 0.104. The van der Waals surface area contributed by atoms with Crippen LogP contribution < -0.4 is 0 Å². The number of aliphatic hydroxyl groups is 1. The average Bonchev–Trinajstić information content (AvgIpc) is 2.63. The highest BCUT2D eigenvalue weighted by molar-refractivity contribution is 7.89. The molecule has 1 unspecified atom stereocenters. The summed E-state index contributed by atoms with van der Waals surface area (Å²) in [7, 11) is -3.18. The van der Waals surface area contributed by atoms with Crippen molar-refractivity contribution in [2.24, 2.45) is 0 Å². The molecule has 0 spiro atoms. The van der Waals surface area contributed by atoms with E-state index in [2.05, 4.69) is 6.58 Å². The molecule has 1 saturated heterocycles. The Morgan fingerprint density at radius 1 is 1.57 bits per heavy atom. The molecular weight excluding hydrogens is 202 g/mol. The first-order valence-electron chi connectivity index (χ1n) is 4.83. The van der Waals surface area contributed by atoms with Crippen molar-refractivity contribution < 1.29 is 13.5 Å². The minimum Gasteiger partial charge on any atom is -0.395 e. The van der Waals surface area contributed by atoms with Crippen molar-refractivity contribution in [1.29, 1.82) is 0 Å². The molecule has 1 N–H and O–H groups in total. The van der Waals surface area contributed by atoms with Gasteiger partial charge < -0.3 is 5.11 Å². The second kappa shape index (κ2) is 4.91. The normalized spacial score (nSPS) is 23.9. The Hall–Kier alpha value is -0.390. The van der Waals surface area contributed by atoms with Gasteiger partial charge in [0.25, 0.3) is 0 Å². The van der Waals surface area contributed by atoms with Crippen LogP contribution in [0.3, 0.4) is 0 Å². The monoisotopic (exact) mass is 219 g/mol. The lowest BCUT2D eigenvalue weighted by molar-refractivity contribution is 0.213. The molecule has 0 saturated carbocycles. The average molecular weight is 219 g/mol. The van der Waals surface area contributed by atoms with Crippen molar-refractivity contribution in [2.45, 2.75) is 25.3 Å². The second-order valence-electron chi connectivity index (χ2n) is 3.48. The van der Waals surface area contributed by atoms with Gasteiger partial charge in [-0.25, -0.2) is 8.42 Å².